The lowest BCUT2D eigenvalue weighted by Crippen LogP contribution is -2.54. The van der Waals surface area contributed by atoms with Gasteiger partial charge in [0.25, 0.3) is 17.7 Å². The Labute approximate surface area is 366 Å². The summed E-state index contributed by atoms with van der Waals surface area (Å²) >= 11 is 1.20. The van der Waals surface area contributed by atoms with E-state index >= 15 is 0 Å². The molecule has 4 aromatic rings. The number of carbonyl (C=O) groups is 7. The molecule has 334 valence electrons. The van der Waals surface area contributed by atoms with Crippen molar-refractivity contribution in [3.8, 4) is 11.3 Å². The zero-order valence-electron chi connectivity index (χ0n) is 33.8. The third-order valence-corrected chi connectivity index (χ3v) is 13.3. The zero-order valence-corrected chi connectivity index (χ0v) is 36.3. The smallest absolute Gasteiger partial charge is 0.264 e. The van der Waals surface area contributed by atoms with Crippen LogP contribution in [0, 0.1) is 0 Å². The maximum absolute atomic E-state index is 13.4. The van der Waals surface area contributed by atoms with Crippen LogP contribution in [-0.2, 0) is 43.8 Å². The minimum absolute atomic E-state index is 0.00189. The van der Waals surface area contributed by atoms with E-state index in [-0.39, 0.29) is 92.3 Å². The van der Waals surface area contributed by atoms with Crippen LogP contribution in [0.5, 0.6) is 0 Å². The zero-order chi connectivity index (χ0) is 45.3. The summed E-state index contributed by atoms with van der Waals surface area (Å²) in [4.78, 5) is 94.5. The summed E-state index contributed by atoms with van der Waals surface area (Å²) in [5.41, 5.74) is 1.78. The van der Waals surface area contributed by atoms with Gasteiger partial charge in [-0.15, -0.1) is 11.3 Å². The third-order valence-electron chi connectivity index (χ3n) is 9.91. The van der Waals surface area contributed by atoms with Crippen LogP contribution in [0.1, 0.15) is 63.2 Å². The van der Waals surface area contributed by atoms with E-state index in [0.29, 0.717) is 10.8 Å². The number of amides is 7. The summed E-state index contributed by atoms with van der Waals surface area (Å²) in [7, 11) is -7.33. The van der Waals surface area contributed by atoms with Crippen molar-refractivity contribution in [2.75, 3.05) is 54.7 Å². The van der Waals surface area contributed by atoms with Gasteiger partial charge < -0.3 is 26.0 Å². The van der Waals surface area contributed by atoms with Crippen LogP contribution in [0.25, 0.3) is 11.3 Å². The van der Waals surface area contributed by atoms with Gasteiger partial charge in [-0.3, -0.25) is 47.8 Å². The number of nitrogens with one attached hydrogen (secondary N) is 5. The normalized spacial score (nSPS) is 15.7. The van der Waals surface area contributed by atoms with E-state index in [1.165, 1.54) is 41.8 Å². The predicted octanol–water partition coefficient (Wildman–Crippen LogP) is 1.39. The Bertz CT molecular complexity index is 2630. The summed E-state index contributed by atoms with van der Waals surface area (Å²) in [5.74, 6) is -5.07. The Morgan fingerprint density at radius 1 is 0.952 bits per heavy atom. The van der Waals surface area contributed by atoms with Gasteiger partial charge in [-0.1, -0.05) is 36.4 Å². The summed E-state index contributed by atoms with van der Waals surface area (Å²) < 4.78 is 55.9. The number of benzene rings is 2. The molecule has 2 aliphatic heterocycles. The summed E-state index contributed by atoms with van der Waals surface area (Å²) in [6, 6.07) is 12.8. The number of fused-ring (bicyclic) bond motifs is 1. The molecule has 2 aliphatic rings. The molecule has 20 nitrogen and oxygen atoms in total. The van der Waals surface area contributed by atoms with E-state index in [4.69, 9.17) is 4.74 Å². The average molecular weight is 925 g/mol. The molecule has 2 aromatic heterocycles. The number of carbonyl (C=O) groups excluding carboxylic acids is 7. The lowest BCUT2D eigenvalue weighted by atomic mass is 10.0. The molecule has 0 saturated carbocycles. The van der Waals surface area contributed by atoms with Gasteiger partial charge in [0.1, 0.15) is 12.1 Å². The first kappa shape index (κ1) is 46.2. The van der Waals surface area contributed by atoms with Crippen LogP contribution in [-0.4, -0.2) is 128 Å². The van der Waals surface area contributed by atoms with Crippen molar-refractivity contribution in [2.45, 2.75) is 44.2 Å². The second-order valence-electron chi connectivity index (χ2n) is 14.5. The van der Waals surface area contributed by atoms with Gasteiger partial charge in [-0.25, -0.2) is 21.8 Å². The number of aromatic nitrogens is 2. The monoisotopic (exact) mass is 924 g/mol. The Morgan fingerprint density at radius 2 is 1.71 bits per heavy atom. The number of hydrogen-bond acceptors (Lipinski definition) is 15. The van der Waals surface area contributed by atoms with Gasteiger partial charge in [-0.05, 0) is 37.5 Å². The van der Waals surface area contributed by atoms with Crippen molar-refractivity contribution in [2.24, 2.45) is 0 Å². The summed E-state index contributed by atoms with van der Waals surface area (Å²) in [6.07, 6.45) is 3.58. The molecule has 63 heavy (non-hydrogen) atoms. The predicted molar refractivity (Wildman–Crippen MR) is 230 cm³/mol. The highest BCUT2D eigenvalue weighted by Crippen LogP contribution is 2.32. The first-order valence-electron chi connectivity index (χ1n) is 19.7. The van der Waals surface area contributed by atoms with E-state index in [2.05, 4.69) is 31.6 Å². The highest BCUT2D eigenvalue weighted by Gasteiger charge is 2.45. The second-order valence-corrected chi connectivity index (χ2v) is 19.6. The second kappa shape index (κ2) is 20.3. The Balaban J connectivity index is 0.915. The van der Waals surface area contributed by atoms with E-state index in [1.54, 1.807) is 5.38 Å². The molecule has 0 bridgehead atoms. The standard InChI is InChI=1S/C40H44N8O12S3/c1-62(56,57)47-18-14-26(23-47)35(51)43-29(36(52)46-40-44-30(24-61-40)25-7-3-2-4-8-25)15-20-60-19-6-11-32(49)42-17-22-63(58,59)21-16-41-28-10-5-9-27-34(28)39(55)48(38(27)54)31-12-13-33(50)45-37(31)53/h2-5,7-10,14,18,23-24,29,31,41H,6,11-13,15-17,19-22H2,1H3,(H,42,49)(H,43,51)(H,44,46,52)(H,45,50,53)/t29-,31?/m0/s1. The number of anilines is 2. The van der Waals surface area contributed by atoms with Crippen LogP contribution in [0.2, 0.25) is 0 Å². The van der Waals surface area contributed by atoms with Gasteiger partial charge in [0, 0.05) is 68.2 Å². The van der Waals surface area contributed by atoms with Crippen molar-refractivity contribution in [1.82, 2.24) is 29.8 Å². The number of ether oxygens (including phenoxy) is 1. The molecule has 0 aliphatic carbocycles. The number of rotatable bonds is 21. The molecule has 7 amide bonds. The van der Waals surface area contributed by atoms with Crippen LogP contribution >= 0.6 is 11.3 Å². The van der Waals surface area contributed by atoms with Crippen molar-refractivity contribution in [3.05, 3.63) is 89.1 Å². The van der Waals surface area contributed by atoms with Crippen LogP contribution in [0.15, 0.2) is 72.4 Å². The molecule has 2 aromatic carbocycles. The molecule has 0 spiro atoms. The first-order valence-corrected chi connectivity index (χ1v) is 24.2. The fourth-order valence-corrected chi connectivity index (χ4v) is 9.01. The number of thiazole rings is 1. The van der Waals surface area contributed by atoms with Crippen LogP contribution in [0.3, 0.4) is 0 Å². The molecule has 1 unspecified atom stereocenters. The number of nitrogens with zero attached hydrogens (tertiary/aromatic N) is 3. The van der Waals surface area contributed by atoms with Crippen molar-refractivity contribution < 1.29 is 55.1 Å². The molecular formula is C40H44N8O12S3. The van der Waals surface area contributed by atoms with Gasteiger partial charge in [0.05, 0.1) is 40.1 Å². The molecule has 1 fully saturated rings. The summed E-state index contributed by atoms with van der Waals surface area (Å²) in [5, 5.41) is 15.0. The number of piperidine rings is 1. The van der Waals surface area contributed by atoms with E-state index in [9.17, 15) is 50.4 Å². The molecular weight excluding hydrogens is 881 g/mol. The number of hydrogen-bond donors (Lipinski definition) is 5. The lowest BCUT2D eigenvalue weighted by Gasteiger charge is -2.27. The maximum Gasteiger partial charge on any atom is 0.264 e. The molecule has 5 N–H and O–H groups in total. The lowest BCUT2D eigenvalue weighted by molar-refractivity contribution is -0.136. The Kier molecular flexibility index (Phi) is 14.9. The van der Waals surface area contributed by atoms with Crippen molar-refractivity contribution in [1.29, 1.82) is 0 Å². The minimum atomic E-state index is -3.68. The van der Waals surface area contributed by atoms with E-state index < -0.39 is 73.3 Å². The average Bonchev–Trinajstić information content (AvgIpc) is 3.99. The quantitative estimate of drug-likeness (QED) is 0.0584. The van der Waals surface area contributed by atoms with Gasteiger partial charge in [0.2, 0.25) is 33.7 Å². The highest BCUT2D eigenvalue weighted by molar-refractivity contribution is 7.91. The SMILES string of the molecule is CS(=O)(=O)n1ccc(C(=O)N[C@@H](CCOCCCC(=O)NCCS(=O)(=O)CCNc2cccc3c2C(=O)N(C2CCC(=O)NC2=O)C3=O)C(=O)Nc2nc(-c3ccccc3)cs2)c1. The van der Waals surface area contributed by atoms with Crippen molar-refractivity contribution >= 4 is 83.4 Å². The first-order chi connectivity index (χ1) is 30.0. The molecule has 1 saturated heterocycles. The van der Waals surface area contributed by atoms with Gasteiger partial charge >= 0.3 is 0 Å². The van der Waals surface area contributed by atoms with Crippen molar-refractivity contribution in [3.63, 3.8) is 0 Å². The van der Waals surface area contributed by atoms with Gasteiger partial charge in [-0.2, -0.15) is 0 Å². The third kappa shape index (κ3) is 12.0. The van der Waals surface area contributed by atoms with Crippen LogP contribution in [0.4, 0.5) is 10.8 Å². The van der Waals surface area contributed by atoms with Crippen LogP contribution < -0.4 is 26.6 Å². The Morgan fingerprint density at radius 3 is 2.44 bits per heavy atom. The number of sulfone groups is 1. The maximum atomic E-state index is 13.4. The topological polar surface area (TPSA) is 278 Å². The summed E-state index contributed by atoms with van der Waals surface area (Å²) in [6.45, 7) is -0.176. The molecule has 23 heteroatoms. The number of imide groups is 2. The Hall–Kier alpha value is -6.30. The van der Waals surface area contributed by atoms with Gasteiger partial charge in [0.15, 0.2) is 15.0 Å². The molecule has 0 radical (unpaired) electrons. The fraction of sp³-hybridized carbons (Fsp3) is 0.350. The van der Waals surface area contributed by atoms with E-state index in [1.807, 2.05) is 30.3 Å². The fourth-order valence-electron chi connectivity index (χ4n) is 6.67. The largest absolute Gasteiger partial charge is 0.383 e. The molecule has 4 heterocycles. The van der Waals surface area contributed by atoms with E-state index in [0.717, 1.165) is 26.9 Å². The molecule has 6 rings (SSSR count). The minimum Gasteiger partial charge on any atom is -0.383 e. The highest BCUT2D eigenvalue weighted by atomic mass is 32.2. The molecule has 2 atom stereocenters.